The standard InChI is InChI=1S/C12H12F3N3OS/c13-12(14,15)19-8-1-2-9-10(7-8)20-11(17-9)18-5-3-16-4-6-18/h1-2,7,16H,3-6H2. The second kappa shape index (κ2) is 5.10. The van der Waals surface area contributed by atoms with Gasteiger partial charge in [-0.25, -0.2) is 4.98 Å². The Hall–Kier alpha value is -1.54. The zero-order valence-corrected chi connectivity index (χ0v) is 11.2. The minimum absolute atomic E-state index is 0.208. The van der Waals surface area contributed by atoms with E-state index in [4.69, 9.17) is 0 Å². The van der Waals surface area contributed by atoms with Gasteiger partial charge in [0.15, 0.2) is 5.13 Å². The van der Waals surface area contributed by atoms with Crippen LogP contribution in [0.1, 0.15) is 0 Å². The fourth-order valence-electron chi connectivity index (χ4n) is 2.08. The molecule has 1 fully saturated rings. The number of hydrogen-bond donors (Lipinski definition) is 1. The second-order valence-corrected chi connectivity index (χ2v) is 5.42. The lowest BCUT2D eigenvalue weighted by molar-refractivity contribution is -0.274. The van der Waals surface area contributed by atoms with Crippen molar-refractivity contribution in [3.05, 3.63) is 18.2 Å². The molecule has 0 aliphatic carbocycles. The van der Waals surface area contributed by atoms with Crippen molar-refractivity contribution in [1.82, 2.24) is 10.3 Å². The largest absolute Gasteiger partial charge is 0.573 e. The van der Waals surface area contributed by atoms with E-state index in [1.54, 1.807) is 6.07 Å². The Bertz CT molecular complexity index is 608. The number of benzene rings is 1. The first kappa shape index (κ1) is 13.4. The summed E-state index contributed by atoms with van der Waals surface area (Å²) in [6.07, 6.45) is -4.67. The third-order valence-electron chi connectivity index (χ3n) is 2.97. The first-order valence-corrected chi connectivity index (χ1v) is 6.95. The first-order valence-electron chi connectivity index (χ1n) is 6.13. The van der Waals surface area contributed by atoms with Gasteiger partial charge in [-0.2, -0.15) is 0 Å². The smallest absolute Gasteiger partial charge is 0.406 e. The molecule has 1 aromatic carbocycles. The molecule has 4 nitrogen and oxygen atoms in total. The molecule has 0 bridgehead atoms. The van der Waals surface area contributed by atoms with Gasteiger partial charge in [0.25, 0.3) is 0 Å². The molecule has 3 rings (SSSR count). The molecular weight excluding hydrogens is 291 g/mol. The molecule has 0 spiro atoms. The number of halogens is 3. The van der Waals surface area contributed by atoms with Crippen LogP contribution in [0.3, 0.4) is 0 Å². The number of nitrogens with zero attached hydrogens (tertiary/aromatic N) is 2. The molecule has 2 aromatic rings. The maximum absolute atomic E-state index is 12.2. The number of ether oxygens (including phenoxy) is 1. The van der Waals surface area contributed by atoms with E-state index in [-0.39, 0.29) is 5.75 Å². The second-order valence-electron chi connectivity index (χ2n) is 4.41. The normalized spacial score (nSPS) is 16.6. The fraction of sp³-hybridized carbons (Fsp3) is 0.417. The third-order valence-corrected chi connectivity index (χ3v) is 4.05. The predicted octanol–water partition coefficient (Wildman–Crippen LogP) is 2.60. The van der Waals surface area contributed by atoms with Crippen LogP contribution in [-0.4, -0.2) is 37.5 Å². The molecule has 0 saturated carbocycles. The van der Waals surface area contributed by atoms with E-state index in [1.807, 2.05) is 0 Å². The van der Waals surface area contributed by atoms with Gasteiger partial charge >= 0.3 is 6.36 Å². The van der Waals surface area contributed by atoms with E-state index in [0.717, 1.165) is 31.3 Å². The van der Waals surface area contributed by atoms with Crippen LogP contribution in [0.2, 0.25) is 0 Å². The zero-order chi connectivity index (χ0) is 14.2. The van der Waals surface area contributed by atoms with E-state index in [0.29, 0.717) is 10.2 Å². The van der Waals surface area contributed by atoms with Crippen molar-refractivity contribution in [3.8, 4) is 5.75 Å². The number of thiazole rings is 1. The highest BCUT2D eigenvalue weighted by molar-refractivity contribution is 7.22. The lowest BCUT2D eigenvalue weighted by atomic mass is 10.3. The van der Waals surface area contributed by atoms with Crippen molar-refractivity contribution >= 4 is 26.7 Å². The maximum Gasteiger partial charge on any atom is 0.573 e. The summed E-state index contributed by atoms with van der Waals surface area (Å²) in [5.41, 5.74) is 0.693. The molecule has 20 heavy (non-hydrogen) atoms. The van der Waals surface area contributed by atoms with Gasteiger partial charge in [-0.1, -0.05) is 11.3 Å². The molecule has 0 atom stereocenters. The summed E-state index contributed by atoms with van der Waals surface area (Å²) in [7, 11) is 0. The number of nitrogens with one attached hydrogen (secondary N) is 1. The van der Waals surface area contributed by atoms with Crippen LogP contribution >= 0.6 is 11.3 Å². The van der Waals surface area contributed by atoms with Crippen molar-refractivity contribution in [2.75, 3.05) is 31.1 Å². The lowest BCUT2D eigenvalue weighted by Gasteiger charge is -2.26. The molecule has 1 aromatic heterocycles. The van der Waals surface area contributed by atoms with E-state index < -0.39 is 6.36 Å². The Labute approximate surface area is 117 Å². The average Bonchev–Trinajstić information content (AvgIpc) is 2.81. The number of anilines is 1. The van der Waals surface area contributed by atoms with Crippen molar-refractivity contribution in [2.24, 2.45) is 0 Å². The summed E-state index contributed by atoms with van der Waals surface area (Å²) in [6.45, 7) is 3.48. The van der Waals surface area contributed by atoms with Gasteiger partial charge in [0.1, 0.15) is 5.75 Å². The molecule has 8 heteroatoms. The zero-order valence-electron chi connectivity index (χ0n) is 10.4. The summed E-state index contributed by atoms with van der Waals surface area (Å²) in [5.74, 6) is -0.208. The van der Waals surface area contributed by atoms with E-state index in [9.17, 15) is 13.2 Å². The highest BCUT2D eigenvalue weighted by Gasteiger charge is 2.31. The Morgan fingerprint density at radius 3 is 2.70 bits per heavy atom. The molecule has 108 valence electrons. The van der Waals surface area contributed by atoms with Crippen LogP contribution < -0.4 is 15.0 Å². The number of fused-ring (bicyclic) bond motifs is 1. The molecule has 0 amide bonds. The lowest BCUT2D eigenvalue weighted by Crippen LogP contribution is -2.43. The van der Waals surface area contributed by atoms with Gasteiger partial charge in [0, 0.05) is 32.2 Å². The minimum Gasteiger partial charge on any atom is -0.406 e. The molecule has 0 radical (unpaired) electrons. The van der Waals surface area contributed by atoms with Crippen molar-refractivity contribution in [2.45, 2.75) is 6.36 Å². The van der Waals surface area contributed by atoms with Gasteiger partial charge in [0.05, 0.1) is 10.2 Å². The van der Waals surface area contributed by atoms with Crippen molar-refractivity contribution in [1.29, 1.82) is 0 Å². The molecule has 2 heterocycles. The van der Waals surface area contributed by atoms with Crippen LogP contribution in [0, 0.1) is 0 Å². The fourth-order valence-corrected chi connectivity index (χ4v) is 3.13. The van der Waals surface area contributed by atoms with E-state index in [1.165, 1.54) is 23.5 Å². The molecule has 1 N–H and O–H groups in total. The summed E-state index contributed by atoms with van der Waals surface area (Å²) >= 11 is 1.38. The van der Waals surface area contributed by atoms with Gasteiger partial charge in [0.2, 0.25) is 0 Å². The van der Waals surface area contributed by atoms with Crippen LogP contribution in [0.15, 0.2) is 18.2 Å². The molecular formula is C12H12F3N3OS. The Morgan fingerprint density at radius 2 is 2.00 bits per heavy atom. The van der Waals surface area contributed by atoms with E-state index >= 15 is 0 Å². The van der Waals surface area contributed by atoms with Crippen molar-refractivity contribution < 1.29 is 17.9 Å². The molecule has 1 saturated heterocycles. The van der Waals surface area contributed by atoms with Crippen LogP contribution in [-0.2, 0) is 0 Å². The molecule has 0 unspecified atom stereocenters. The van der Waals surface area contributed by atoms with E-state index in [2.05, 4.69) is 19.9 Å². The molecule has 1 aliphatic rings. The predicted molar refractivity (Wildman–Crippen MR) is 71.4 cm³/mol. The summed E-state index contributed by atoms with van der Waals surface area (Å²) < 4.78 is 41.2. The van der Waals surface area contributed by atoms with Crippen molar-refractivity contribution in [3.63, 3.8) is 0 Å². The third kappa shape index (κ3) is 2.96. The summed E-state index contributed by atoms with van der Waals surface area (Å²) in [6, 6.07) is 4.22. The summed E-state index contributed by atoms with van der Waals surface area (Å²) in [4.78, 5) is 6.58. The topological polar surface area (TPSA) is 37.4 Å². The van der Waals surface area contributed by atoms with Crippen LogP contribution in [0.25, 0.3) is 10.2 Å². The van der Waals surface area contributed by atoms with Gasteiger partial charge in [-0.05, 0) is 12.1 Å². The highest BCUT2D eigenvalue weighted by Crippen LogP contribution is 2.33. The number of hydrogen-bond acceptors (Lipinski definition) is 5. The maximum atomic E-state index is 12.2. The van der Waals surface area contributed by atoms with Gasteiger partial charge in [-0.3, -0.25) is 0 Å². The SMILES string of the molecule is FC(F)(F)Oc1ccc2nc(N3CCNCC3)sc2c1. The van der Waals surface area contributed by atoms with Crippen LogP contribution in [0.5, 0.6) is 5.75 Å². The number of alkyl halides is 3. The van der Waals surface area contributed by atoms with Crippen LogP contribution in [0.4, 0.5) is 18.3 Å². The quantitative estimate of drug-likeness (QED) is 0.925. The number of piperazine rings is 1. The molecule has 1 aliphatic heterocycles. The monoisotopic (exact) mass is 303 g/mol. The number of aromatic nitrogens is 1. The minimum atomic E-state index is -4.67. The van der Waals surface area contributed by atoms with Gasteiger partial charge in [-0.15, -0.1) is 13.2 Å². The Kier molecular flexibility index (Phi) is 3.43. The Balaban J connectivity index is 1.87. The van der Waals surface area contributed by atoms with Gasteiger partial charge < -0.3 is 15.0 Å². The summed E-state index contributed by atoms with van der Waals surface area (Å²) in [5, 5.41) is 4.08. The number of rotatable bonds is 2. The first-order chi connectivity index (χ1) is 9.51. The Morgan fingerprint density at radius 1 is 1.25 bits per heavy atom. The highest BCUT2D eigenvalue weighted by atomic mass is 32.1. The average molecular weight is 303 g/mol.